The molecule has 4 nitrogen and oxygen atoms in total. The Kier molecular flexibility index (Phi) is 2.88. The summed E-state index contributed by atoms with van der Waals surface area (Å²) in [6, 6.07) is 3.78. The van der Waals surface area contributed by atoms with E-state index in [2.05, 4.69) is 32.9 Å². The van der Waals surface area contributed by atoms with E-state index in [0.717, 1.165) is 20.6 Å². The molecule has 1 aromatic carbocycles. The van der Waals surface area contributed by atoms with Gasteiger partial charge in [-0.15, -0.1) is 0 Å². The number of nitrogens with one attached hydrogen (secondary N) is 1. The molecule has 0 atom stereocenters. The maximum atomic E-state index is 12.0. The van der Waals surface area contributed by atoms with Crippen LogP contribution in [-0.4, -0.2) is 16.6 Å². The number of halogens is 1. The summed E-state index contributed by atoms with van der Waals surface area (Å²) in [6.45, 7) is 1.83. The van der Waals surface area contributed by atoms with E-state index < -0.39 is 0 Å². The zero-order valence-corrected chi connectivity index (χ0v) is 11.5. The van der Waals surface area contributed by atoms with Crippen molar-refractivity contribution in [1.82, 2.24) is 9.55 Å². The van der Waals surface area contributed by atoms with Gasteiger partial charge < -0.3 is 5.32 Å². The zero-order chi connectivity index (χ0) is 11.9. The van der Waals surface area contributed by atoms with Crippen LogP contribution in [0.5, 0.6) is 0 Å². The number of aryl methyl sites for hydroxylation is 1. The van der Waals surface area contributed by atoms with Crippen molar-refractivity contribution in [3.8, 4) is 0 Å². The smallest absolute Gasteiger partial charge is 0.261 e. The van der Waals surface area contributed by atoms with Crippen molar-refractivity contribution in [2.75, 3.05) is 12.4 Å². The van der Waals surface area contributed by atoms with E-state index >= 15 is 0 Å². The Morgan fingerprint density at radius 1 is 1.44 bits per heavy atom. The lowest BCUT2D eigenvalue weighted by molar-refractivity contribution is 0.792. The van der Waals surface area contributed by atoms with Gasteiger partial charge in [-0.05, 0) is 41.6 Å². The van der Waals surface area contributed by atoms with Crippen molar-refractivity contribution in [1.29, 1.82) is 0 Å². The predicted octanol–water partition coefficient (Wildman–Crippen LogP) is 1.89. The topological polar surface area (TPSA) is 46.9 Å². The van der Waals surface area contributed by atoms with Gasteiger partial charge in [0.1, 0.15) is 5.82 Å². The Hall–Kier alpha value is -1.11. The monoisotopic (exact) mass is 329 g/mol. The van der Waals surface area contributed by atoms with Crippen LogP contribution in [0, 0.1) is 10.5 Å². The third-order valence-corrected chi connectivity index (χ3v) is 3.55. The van der Waals surface area contributed by atoms with Gasteiger partial charge >= 0.3 is 0 Å². The van der Waals surface area contributed by atoms with Crippen LogP contribution < -0.4 is 10.9 Å². The van der Waals surface area contributed by atoms with Crippen LogP contribution in [0.25, 0.3) is 10.9 Å². The summed E-state index contributed by atoms with van der Waals surface area (Å²) in [6.07, 6.45) is 0. The van der Waals surface area contributed by atoms with Crippen LogP contribution in [0.3, 0.4) is 0 Å². The molecule has 0 saturated carbocycles. The van der Waals surface area contributed by atoms with E-state index in [0.29, 0.717) is 5.39 Å². The molecule has 0 amide bonds. The van der Waals surface area contributed by atoms with Crippen molar-refractivity contribution < 1.29 is 0 Å². The Balaban J connectivity index is 2.92. The van der Waals surface area contributed by atoms with E-state index in [4.69, 9.17) is 0 Å². The van der Waals surface area contributed by atoms with E-state index in [1.54, 1.807) is 11.6 Å². The number of aromatic nitrogens is 2. The second kappa shape index (κ2) is 4.04. The third-order valence-electron chi connectivity index (χ3n) is 2.66. The normalized spacial score (nSPS) is 10.8. The number of rotatable bonds is 1. The van der Waals surface area contributed by atoms with Crippen LogP contribution in [-0.2, 0) is 7.05 Å². The Morgan fingerprint density at radius 3 is 2.75 bits per heavy atom. The number of hydrogen-bond donors (Lipinski definition) is 1. The molecule has 1 heterocycles. The van der Waals surface area contributed by atoms with Gasteiger partial charge in [0.05, 0.1) is 10.9 Å². The maximum absolute atomic E-state index is 12.0. The minimum atomic E-state index is 0.00284. The first-order valence-corrected chi connectivity index (χ1v) is 5.97. The Bertz CT molecular complexity index is 619. The molecule has 16 heavy (non-hydrogen) atoms. The van der Waals surface area contributed by atoms with Crippen molar-refractivity contribution >= 4 is 39.2 Å². The van der Waals surface area contributed by atoms with Crippen molar-refractivity contribution in [2.45, 2.75) is 6.92 Å². The lowest BCUT2D eigenvalue weighted by atomic mass is 10.2. The highest BCUT2D eigenvalue weighted by molar-refractivity contribution is 14.1. The van der Waals surface area contributed by atoms with Crippen LogP contribution in [0.4, 0.5) is 5.69 Å². The molecule has 0 radical (unpaired) electrons. The molecule has 0 aliphatic heterocycles. The summed E-state index contributed by atoms with van der Waals surface area (Å²) in [7, 11) is 3.60. The number of nitrogens with zero attached hydrogens (tertiary/aromatic N) is 2. The minimum absolute atomic E-state index is 0.00284. The van der Waals surface area contributed by atoms with Crippen molar-refractivity contribution in [3.63, 3.8) is 0 Å². The molecule has 2 rings (SSSR count). The zero-order valence-electron chi connectivity index (χ0n) is 9.34. The largest absolute Gasteiger partial charge is 0.387 e. The van der Waals surface area contributed by atoms with Gasteiger partial charge in [-0.1, -0.05) is 0 Å². The second-order valence-electron chi connectivity index (χ2n) is 3.62. The SMILES string of the molecule is CNc1cc2nc(C)n(C)c(=O)c2cc1I. The van der Waals surface area contributed by atoms with E-state index in [-0.39, 0.29) is 5.56 Å². The molecule has 0 aliphatic rings. The number of anilines is 1. The first-order valence-electron chi connectivity index (χ1n) is 4.89. The minimum Gasteiger partial charge on any atom is -0.387 e. The predicted molar refractivity (Wildman–Crippen MR) is 74.0 cm³/mol. The molecule has 0 bridgehead atoms. The average molecular weight is 329 g/mol. The van der Waals surface area contributed by atoms with Crippen LogP contribution in [0.1, 0.15) is 5.82 Å². The third kappa shape index (κ3) is 1.68. The molecule has 1 aromatic heterocycles. The fourth-order valence-corrected chi connectivity index (χ4v) is 2.33. The summed E-state index contributed by atoms with van der Waals surface area (Å²) in [4.78, 5) is 16.4. The Morgan fingerprint density at radius 2 is 2.12 bits per heavy atom. The fraction of sp³-hybridized carbons (Fsp3) is 0.273. The Labute approximate surface area is 107 Å². The van der Waals surface area contributed by atoms with Gasteiger partial charge in [0.25, 0.3) is 5.56 Å². The molecule has 0 unspecified atom stereocenters. The molecular weight excluding hydrogens is 317 g/mol. The van der Waals surface area contributed by atoms with E-state index in [1.165, 1.54) is 0 Å². The molecule has 84 valence electrons. The molecule has 0 saturated heterocycles. The van der Waals surface area contributed by atoms with Crippen LogP contribution in [0.2, 0.25) is 0 Å². The molecule has 5 heteroatoms. The molecule has 1 N–H and O–H groups in total. The average Bonchev–Trinajstić information content (AvgIpc) is 2.27. The summed E-state index contributed by atoms with van der Waals surface area (Å²) in [5.41, 5.74) is 1.74. The van der Waals surface area contributed by atoms with Gasteiger partial charge in [0.2, 0.25) is 0 Å². The first kappa shape index (κ1) is 11.4. The van der Waals surface area contributed by atoms with E-state index in [9.17, 15) is 4.79 Å². The first-order chi connectivity index (χ1) is 7.54. The second-order valence-corrected chi connectivity index (χ2v) is 4.78. The molecule has 0 aliphatic carbocycles. The lowest BCUT2D eigenvalue weighted by Gasteiger charge is -2.08. The van der Waals surface area contributed by atoms with Gasteiger partial charge in [-0.3, -0.25) is 9.36 Å². The van der Waals surface area contributed by atoms with Crippen LogP contribution >= 0.6 is 22.6 Å². The number of benzene rings is 1. The van der Waals surface area contributed by atoms with Gasteiger partial charge in [0.15, 0.2) is 0 Å². The lowest BCUT2D eigenvalue weighted by Crippen LogP contribution is -2.20. The highest BCUT2D eigenvalue weighted by Crippen LogP contribution is 2.22. The summed E-state index contributed by atoms with van der Waals surface area (Å²) in [5.74, 6) is 0.723. The summed E-state index contributed by atoms with van der Waals surface area (Å²) >= 11 is 2.21. The molecular formula is C11H12IN3O. The highest BCUT2D eigenvalue weighted by Gasteiger charge is 2.08. The summed E-state index contributed by atoms with van der Waals surface area (Å²) < 4.78 is 2.59. The van der Waals surface area contributed by atoms with Gasteiger partial charge in [0, 0.05) is 23.4 Å². The quantitative estimate of drug-likeness (QED) is 0.813. The number of fused-ring (bicyclic) bond motifs is 1. The van der Waals surface area contributed by atoms with Crippen molar-refractivity contribution in [2.24, 2.45) is 7.05 Å². The maximum Gasteiger partial charge on any atom is 0.261 e. The van der Waals surface area contributed by atoms with Gasteiger partial charge in [-0.2, -0.15) is 0 Å². The molecule has 0 spiro atoms. The van der Waals surface area contributed by atoms with Crippen LogP contribution in [0.15, 0.2) is 16.9 Å². The molecule has 2 aromatic rings. The van der Waals surface area contributed by atoms with Gasteiger partial charge in [-0.25, -0.2) is 4.98 Å². The molecule has 0 fully saturated rings. The fourth-order valence-electron chi connectivity index (χ4n) is 1.59. The highest BCUT2D eigenvalue weighted by atomic mass is 127. The number of hydrogen-bond acceptors (Lipinski definition) is 3. The van der Waals surface area contributed by atoms with Crippen molar-refractivity contribution in [3.05, 3.63) is 31.9 Å². The summed E-state index contributed by atoms with van der Waals surface area (Å²) in [5, 5.41) is 3.75. The van der Waals surface area contributed by atoms with E-state index in [1.807, 2.05) is 26.1 Å². The standard InChI is InChI=1S/C11H12IN3O/c1-6-14-9-5-10(13-2)8(12)4-7(9)11(16)15(6)3/h4-5,13H,1-3H3.